The third-order valence-electron chi connectivity index (χ3n) is 1.65. The lowest BCUT2D eigenvalue weighted by molar-refractivity contribution is 0.302. The molecule has 1 aromatic heterocycles. The van der Waals surface area contributed by atoms with E-state index in [4.69, 9.17) is 16.2 Å². The van der Waals surface area contributed by atoms with Crippen molar-refractivity contribution in [1.82, 2.24) is 9.78 Å². The summed E-state index contributed by atoms with van der Waals surface area (Å²) >= 11 is 0. The average Bonchev–Trinajstić information content (AvgIpc) is 2.29. The minimum Gasteiger partial charge on any atom is -0.488 e. The second kappa shape index (κ2) is 4.13. The first-order chi connectivity index (χ1) is 6.09. The number of nitrogen functional groups attached to an aromatic ring is 1. The van der Waals surface area contributed by atoms with E-state index in [9.17, 15) is 0 Å². The highest BCUT2D eigenvalue weighted by atomic mass is 16.5. The van der Waals surface area contributed by atoms with Gasteiger partial charge in [0.15, 0.2) is 11.6 Å². The molecule has 5 heteroatoms. The van der Waals surface area contributed by atoms with Crippen LogP contribution in [0.5, 0.6) is 5.75 Å². The van der Waals surface area contributed by atoms with Gasteiger partial charge in [-0.15, -0.1) is 0 Å². The molecule has 0 fully saturated rings. The molecule has 4 N–H and O–H groups in total. The molecule has 0 amide bonds. The zero-order valence-electron chi connectivity index (χ0n) is 8.03. The number of aromatic nitrogens is 2. The van der Waals surface area contributed by atoms with Gasteiger partial charge in [-0.1, -0.05) is 0 Å². The molecular formula is C8H16N4O. The first-order valence-corrected chi connectivity index (χ1v) is 4.27. The molecule has 0 unspecified atom stereocenters. The maximum absolute atomic E-state index is 5.57. The monoisotopic (exact) mass is 184 g/mol. The number of anilines is 1. The molecule has 5 nitrogen and oxygen atoms in total. The predicted molar refractivity (Wildman–Crippen MR) is 51.4 cm³/mol. The molecule has 1 atom stereocenters. The minimum absolute atomic E-state index is 0.151. The van der Waals surface area contributed by atoms with Crippen LogP contribution in [0.4, 0.5) is 5.82 Å². The fraction of sp³-hybridized carbons (Fsp3) is 0.625. The van der Waals surface area contributed by atoms with Crippen LogP contribution >= 0.6 is 0 Å². The van der Waals surface area contributed by atoms with Crippen LogP contribution in [0.15, 0.2) is 6.20 Å². The van der Waals surface area contributed by atoms with E-state index in [1.165, 1.54) is 0 Å². The summed E-state index contributed by atoms with van der Waals surface area (Å²) in [5.74, 6) is 1.05. The molecule has 0 spiro atoms. The van der Waals surface area contributed by atoms with Gasteiger partial charge in [0.1, 0.15) is 0 Å². The minimum atomic E-state index is 0.151. The molecule has 0 bridgehead atoms. The van der Waals surface area contributed by atoms with Crippen LogP contribution in [-0.4, -0.2) is 22.4 Å². The maximum Gasteiger partial charge on any atom is 0.188 e. The van der Waals surface area contributed by atoms with Crippen molar-refractivity contribution in [1.29, 1.82) is 0 Å². The maximum atomic E-state index is 5.57. The van der Waals surface area contributed by atoms with Crippen LogP contribution in [0.25, 0.3) is 0 Å². The predicted octanol–water partition coefficient (Wildman–Crippen LogP) is 0.118. The molecule has 0 saturated heterocycles. The number of ether oxygens (including phenoxy) is 1. The molecule has 0 aliphatic heterocycles. The Balaban J connectivity index is 2.40. The van der Waals surface area contributed by atoms with Crippen LogP contribution in [0.2, 0.25) is 0 Å². The van der Waals surface area contributed by atoms with E-state index in [2.05, 4.69) is 5.10 Å². The molecule has 0 radical (unpaired) electrons. The van der Waals surface area contributed by atoms with Gasteiger partial charge in [0.2, 0.25) is 0 Å². The van der Waals surface area contributed by atoms with Crippen LogP contribution in [0.1, 0.15) is 13.3 Å². The standard InChI is InChI=1S/C8H16N4O/c1-6(9)3-4-13-7-5-12(2)11-8(7)10/h5-6H,3-4,9H2,1-2H3,(H2,10,11)/t6-/m1/s1. The smallest absolute Gasteiger partial charge is 0.188 e. The van der Waals surface area contributed by atoms with Gasteiger partial charge in [-0.3, -0.25) is 4.68 Å². The highest BCUT2D eigenvalue weighted by Gasteiger charge is 2.04. The van der Waals surface area contributed by atoms with Gasteiger partial charge >= 0.3 is 0 Å². The Labute approximate surface area is 77.7 Å². The Kier molecular flexibility index (Phi) is 3.13. The molecule has 0 aromatic carbocycles. The lowest BCUT2D eigenvalue weighted by atomic mass is 10.3. The average molecular weight is 184 g/mol. The summed E-state index contributed by atoms with van der Waals surface area (Å²) in [6.45, 7) is 2.52. The Morgan fingerprint density at radius 1 is 1.69 bits per heavy atom. The fourth-order valence-electron chi connectivity index (χ4n) is 0.950. The normalized spacial score (nSPS) is 12.8. The molecule has 13 heavy (non-hydrogen) atoms. The SMILES string of the molecule is C[C@@H](N)CCOc1cn(C)nc1N. The topological polar surface area (TPSA) is 79.1 Å². The molecule has 1 heterocycles. The van der Waals surface area contributed by atoms with E-state index in [1.807, 2.05) is 6.92 Å². The van der Waals surface area contributed by atoms with E-state index in [0.717, 1.165) is 6.42 Å². The van der Waals surface area contributed by atoms with Crippen molar-refractivity contribution in [2.45, 2.75) is 19.4 Å². The van der Waals surface area contributed by atoms with Crippen molar-refractivity contribution >= 4 is 5.82 Å². The van der Waals surface area contributed by atoms with E-state index in [1.54, 1.807) is 17.9 Å². The van der Waals surface area contributed by atoms with Crippen LogP contribution < -0.4 is 16.2 Å². The Hall–Kier alpha value is -1.23. The van der Waals surface area contributed by atoms with Crippen molar-refractivity contribution < 1.29 is 4.74 Å². The van der Waals surface area contributed by atoms with Gasteiger partial charge in [0, 0.05) is 13.1 Å². The lowest BCUT2D eigenvalue weighted by Crippen LogP contribution is -2.18. The summed E-state index contributed by atoms with van der Waals surface area (Å²) in [6.07, 6.45) is 2.56. The van der Waals surface area contributed by atoms with E-state index >= 15 is 0 Å². The summed E-state index contributed by atoms with van der Waals surface area (Å²) < 4.78 is 7.00. The molecule has 0 aliphatic carbocycles. The first kappa shape index (κ1) is 9.85. The summed E-state index contributed by atoms with van der Waals surface area (Å²) in [5, 5.41) is 3.95. The van der Waals surface area contributed by atoms with Crippen molar-refractivity contribution in [3.05, 3.63) is 6.20 Å². The summed E-state index contributed by atoms with van der Waals surface area (Å²) in [6, 6.07) is 0.151. The summed E-state index contributed by atoms with van der Waals surface area (Å²) in [4.78, 5) is 0. The number of hydrogen-bond acceptors (Lipinski definition) is 4. The number of aryl methyl sites for hydroxylation is 1. The van der Waals surface area contributed by atoms with Gasteiger partial charge in [0.25, 0.3) is 0 Å². The van der Waals surface area contributed by atoms with Crippen molar-refractivity contribution in [3.8, 4) is 5.75 Å². The highest BCUT2D eigenvalue weighted by molar-refractivity contribution is 5.43. The number of nitrogens with zero attached hydrogens (tertiary/aromatic N) is 2. The third-order valence-corrected chi connectivity index (χ3v) is 1.65. The highest BCUT2D eigenvalue weighted by Crippen LogP contribution is 2.17. The Morgan fingerprint density at radius 2 is 2.38 bits per heavy atom. The number of hydrogen-bond donors (Lipinski definition) is 2. The molecule has 0 saturated carbocycles. The molecule has 0 aliphatic rings. The van der Waals surface area contributed by atoms with Crippen LogP contribution in [0.3, 0.4) is 0 Å². The summed E-state index contributed by atoms with van der Waals surface area (Å²) in [7, 11) is 1.80. The second-order valence-corrected chi connectivity index (χ2v) is 3.17. The zero-order valence-corrected chi connectivity index (χ0v) is 8.03. The summed E-state index contributed by atoms with van der Waals surface area (Å²) in [5.41, 5.74) is 11.1. The van der Waals surface area contributed by atoms with Gasteiger partial charge < -0.3 is 16.2 Å². The molecular weight excluding hydrogens is 168 g/mol. The third kappa shape index (κ3) is 2.95. The number of nitrogens with two attached hydrogens (primary N) is 2. The van der Waals surface area contributed by atoms with Crippen LogP contribution in [-0.2, 0) is 7.05 Å². The van der Waals surface area contributed by atoms with E-state index in [-0.39, 0.29) is 6.04 Å². The number of rotatable bonds is 4. The zero-order chi connectivity index (χ0) is 9.84. The van der Waals surface area contributed by atoms with E-state index in [0.29, 0.717) is 18.2 Å². The first-order valence-electron chi connectivity index (χ1n) is 4.27. The van der Waals surface area contributed by atoms with E-state index < -0.39 is 0 Å². The van der Waals surface area contributed by atoms with Gasteiger partial charge in [0.05, 0.1) is 12.8 Å². The second-order valence-electron chi connectivity index (χ2n) is 3.17. The van der Waals surface area contributed by atoms with Gasteiger partial charge in [-0.05, 0) is 13.3 Å². The lowest BCUT2D eigenvalue weighted by Gasteiger charge is -2.05. The largest absolute Gasteiger partial charge is 0.488 e. The van der Waals surface area contributed by atoms with Crippen molar-refractivity contribution in [2.75, 3.05) is 12.3 Å². The van der Waals surface area contributed by atoms with Crippen molar-refractivity contribution in [3.63, 3.8) is 0 Å². The quantitative estimate of drug-likeness (QED) is 0.696. The molecule has 74 valence electrons. The van der Waals surface area contributed by atoms with Gasteiger partial charge in [-0.25, -0.2) is 0 Å². The van der Waals surface area contributed by atoms with Crippen LogP contribution in [0, 0.1) is 0 Å². The molecule has 1 aromatic rings. The van der Waals surface area contributed by atoms with Crippen molar-refractivity contribution in [2.24, 2.45) is 12.8 Å². The fourth-order valence-corrected chi connectivity index (χ4v) is 0.950. The Morgan fingerprint density at radius 3 is 2.85 bits per heavy atom. The van der Waals surface area contributed by atoms with Gasteiger partial charge in [-0.2, -0.15) is 5.10 Å². The Bertz CT molecular complexity index is 269. The molecule has 1 rings (SSSR count).